The van der Waals surface area contributed by atoms with E-state index in [4.69, 9.17) is 4.74 Å². The molecule has 3 heteroatoms. The first-order chi connectivity index (χ1) is 8.42. The standard InChI is InChI=1S/C14H20N2O/c1-2-11-4-5-13(8-12(11)3-1)16-9-14-10-17-7-6-15-14/h4-5,8,14-16H,1-3,6-7,9-10H2. The van der Waals surface area contributed by atoms with E-state index in [-0.39, 0.29) is 0 Å². The van der Waals surface area contributed by atoms with Gasteiger partial charge in [-0.15, -0.1) is 0 Å². The minimum atomic E-state index is 0.442. The van der Waals surface area contributed by atoms with E-state index in [9.17, 15) is 0 Å². The van der Waals surface area contributed by atoms with Crippen molar-refractivity contribution in [2.75, 3.05) is 31.6 Å². The molecule has 3 rings (SSSR count). The van der Waals surface area contributed by atoms with Crippen LogP contribution in [0.25, 0.3) is 0 Å². The summed E-state index contributed by atoms with van der Waals surface area (Å²) in [6.45, 7) is 3.57. The van der Waals surface area contributed by atoms with Crippen LogP contribution >= 0.6 is 0 Å². The summed E-state index contributed by atoms with van der Waals surface area (Å²) >= 11 is 0. The first-order valence-electron chi connectivity index (χ1n) is 6.58. The predicted octanol–water partition coefficient (Wildman–Crippen LogP) is 1.58. The lowest BCUT2D eigenvalue weighted by Gasteiger charge is -2.24. The number of anilines is 1. The maximum Gasteiger partial charge on any atom is 0.0637 e. The van der Waals surface area contributed by atoms with Gasteiger partial charge in [0.2, 0.25) is 0 Å². The van der Waals surface area contributed by atoms with Gasteiger partial charge in [-0.25, -0.2) is 0 Å². The Morgan fingerprint density at radius 3 is 3.12 bits per heavy atom. The van der Waals surface area contributed by atoms with Gasteiger partial charge < -0.3 is 15.4 Å². The van der Waals surface area contributed by atoms with Gasteiger partial charge in [-0.3, -0.25) is 0 Å². The third kappa shape index (κ3) is 2.61. The summed E-state index contributed by atoms with van der Waals surface area (Å²) in [5.74, 6) is 0. The van der Waals surface area contributed by atoms with E-state index in [2.05, 4.69) is 28.8 Å². The summed E-state index contributed by atoms with van der Waals surface area (Å²) in [6, 6.07) is 7.23. The Bertz CT molecular complexity index is 386. The molecule has 0 bridgehead atoms. The van der Waals surface area contributed by atoms with Crippen LogP contribution in [0.2, 0.25) is 0 Å². The van der Waals surface area contributed by atoms with Crippen LogP contribution in [0.15, 0.2) is 18.2 Å². The zero-order valence-electron chi connectivity index (χ0n) is 10.2. The van der Waals surface area contributed by atoms with Crippen molar-refractivity contribution in [3.63, 3.8) is 0 Å². The molecular formula is C14H20N2O. The van der Waals surface area contributed by atoms with Crippen molar-refractivity contribution in [2.45, 2.75) is 25.3 Å². The molecule has 1 atom stereocenters. The van der Waals surface area contributed by atoms with Crippen LogP contribution in [0, 0.1) is 0 Å². The van der Waals surface area contributed by atoms with Gasteiger partial charge in [0, 0.05) is 24.8 Å². The first kappa shape index (κ1) is 11.1. The average molecular weight is 232 g/mol. The SMILES string of the molecule is c1cc2c(cc1NCC1COCCN1)CCC2. The normalized spacial score (nSPS) is 23.4. The summed E-state index contributed by atoms with van der Waals surface area (Å²) in [4.78, 5) is 0. The van der Waals surface area contributed by atoms with Gasteiger partial charge in [0.15, 0.2) is 0 Å². The molecular weight excluding hydrogens is 212 g/mol. The highest BCUT2D eigenvalue weighted by Gasteiger charge is 2.13. The van der Waals surface area contributed by atoms with Crippen LogP contribution in [-0.4, -0.2) is 32.3 Å². The third-order valence-corrected chi connectivity index (χ3v) is 3.65. The summed E-state index contributed by atoms with van der Waals surface area (Å²) in [5.41, 5.74) is 4.32. The summed E-state index contributed by atoms with van der Waals surface area (Å²) in [7, 11) is 0. The lowest BCUT2D eigenvalue weighted by atomic mass is 10.1. The number of hydrogen-bond donors (Lipinski definition) is 2. The predicted molar refractivity (Wildman–Crippen MR) is 69.6 cm³/mol. The molecule has 0 amide bonds. The summed E-state index contributed by atoms with van der Waals surface area (Å²) in [5, 5.41) is 6.96. The number of ether oxygens (including phenoxy) is 1. The maximum atomic E-state index is 5.44. The van der Waals surface area contributed by atoms with Crippen LogP contribution in [0.3, 0.4) is 0 Å². The monoisotopic (exact) mass is 232 g/mol. The number of fused-ring (bicyclic) bond motifs is 1. The third-order valence-electron chi connectivity index (χ3n) is 3.65. The molecule has 3 nitrogen and oxygen atoms in total. The highest BCUT2D eigenvalue weighted by atomic mass is 16.5. The van der Waals surface area contributed by atoms with E-state index in [1.807, 2.05) is 0 Å². The Balaban J connectivity index is 1.57. The van der Waals surface area contributed by atoms with Crippen molar-refractivity contribution in [3.05, 3.63) is 29.3 Å². The van der Waals surface area contributed by atoms with Gasteiger partial charge >= 0.3 is 0 Å². The van der Waals surface area contributed by atoms with Crippen molar-refractivity contribution < 1.29 is 4.74 Å². The Morgan fingerprint density at radius 1 is 1.29 bits per heavy atom. The van der Waals surface area contributed by atoms with Crippen LogP contribution in [0.5, 0.6) is 0 Å². The van der Waals surface area contributed by atoms with Crippen LogP contribution in [0.1, 0.15) is 17.5 Å². The van der Waals surface area contributed by atoms with Crippen molar-refractivity contribution in [2.24, 2.45) is 0 Å². The molecule has 2 N–H and O–H groups in total. The summed E-state index contributed by atoms with van der Waals surface area (Å²) in [6.07, 6.45) is 3.82. The Morgan fingerprint density at radius 2 is 2.24 bits per heavy atom. The van der Waals surface area contributed by atoms with Gasteiger partial charge in [-0.2, -0.15) is 0 Å². The minimum Gasteiger partial charge on any atom is -0.383 e. The van der Waals surface area contributed by atoms with E-state index in [1.54, 1.807) is 0 Å². The van der Waals surface area contributed by atoms with E-state index >= 15 is 0 Å². The molecule has 1 fully saturated rings. The number of morpholine rings is 1. The molecule has 92 valence electrons. The molecule has 1 unspecified atom stereocenters. The smallest absolute Gasteiger partial charge is 0.0637 e. The molecule has 1 heterocycles. The van der Waals surface area contributed by atoms with E-state index in [1.165, 1.54) is 36.1 Å². The fourth-order valence-corrected chi connectivity index (χ4v) is 2.67. The van der Waals surface area contributed by atoms with Crippen molar-refractivity contribution in [1.82, 2.24) is 5.32 Å². The molecule has 1 aliphatic carbocycles. The largest absolute Gasteiger partial charge is 0.383 e. The second kappa shape index (κ2) is 5.07. The number of nitrogens with one attached hydrogen (secondary N) is 2. The lowest BCUT2D eigenvalue weighted by molar-refractivity contribution is 0.0806. The highest BCUT2D eigenvalue weighted by molar-refractivity contribution is 5.50. The molecule has 0 radical (unpaired) electrons. The van der Waals surface area contributed by atoms with E-state index < -0.39 is 0 Å². The number of hydrogen-bond acceptors (Lipinski definition) is 3. The van der Waals surface area contributed by atoms with E-state index in [0.29, 0.717) is 6.04 Å². The zero-order valence-corrected chi connectivity index (χ0v) is 10.2. The fourth-order valence-electron chi connectivity index (χ4n) is 2.67. The maximum absolute atomic E-state index is 5.44. The minimum absolute atomic E-state index is 0.442. The molecule has 1 saturated heterocycles. The lowest BCUT2D eigenvalue weighted by Crippen LogP contribution is -2.45. The molecule has 17 heavy (non-hydrogen) atoms. The number of aryl methyl sites for hydroxylation is 2. The average Bonchev–Trinajstić information content (AvgIpc) is 2.85. The molecule has 1 aliphatic heterocycles. The van der Waals surface area contributed by atoms with Gasteiger partial charge in [-0.05, 0) is 42.5 Å². The quantitative estimate of drug-likeness (QED) is 0.830. The van der Waals surface area contributed by atoms with Crippen molar-refractivity contribution in [1.29, 1.82) is 0 Å². The number of rotatable bonds is 3. The van der Waals surface area contributed by atoms with Crippen LogP contribution in [-0.2, 0) is 17.6 Å². The van der Waals surface area contributed by atoms with Gasteiger partial charge in [0.1, 0.15) is 0 Å². The molecule has 0 aromatic heterocycles. The topological polar surface area (TPSA) is 33.3 Å². The van der Waals surface area contributed by atoms with Crippen LogP contribution in [0.4, 0.5) is 5.69 Å². The zero-order chi connectivity index (χ0) is 11.5. The second-order valence-electron chi connectivity index (χ2n) is 4.94. The molecule has 1 aromatic rings. The van der Waals surface area contributed by atoms with Crippen molar-refractivity contribution in [3.8, 4) is 0 Å². The summed E-state index contributed by atoms with van der Waals surface area (Å²) < 4.78 is 5.44. The Labute approximate surface area is 103 Å². The molecule has 1 aromatic carbocycles. The van der Waals surface area contributed by atoms with Gasteiger partial charge in [0.05, 0.1) is 13.2 Å². The fraction of sp³-hybridized carbons (Fsp3) is 0.571. The van der Waals surface area contributed by atoms with Crippen molar-refractivity contribution >= 4 is 5.69 Å². The second-order valence-corrected chi connectivity index (χ2v) is 4.94. The number of benzene rings is 1. The first-order valence-corrected chi connectivity index (χ1v) is 6.58. The molecule has 0 saturated carbocycles. The van der Waals surface area contributed by atoms with E-state index in [0.717, 1.165) is 26.3 Å². The Kier molecular flexibility index (Phi) is 3.29. The Hall–Kier alpha value is -1.06. The molecule has 2 aliphatic rings. The van der Waals surface area contributed by atoms with Gasteiger partial charge in [0.25, 0.3) is 0 Å². The molecule has 0 spiro atoms. The highest BCUT2D eigenvalue weighted by Crippen LogP contribution is 2.24. The van der Waals surface area contributed by atoms with Gasteiger partial charge in [-0.1, -0.05) is 6.07 Å². The van der Waals surface area contributed by atoms with Crippen LogP contribution < -0.4 is 10.6 Å².